The maximum Gasteiger partial charge on any atom is 0.288 e. The average Bonchev–Trinajstić information content (AvgIpc) is 3.17. The fourth-order valence-corrected chi connectivity index (χ4v) is 2.95. The summed E-state index contributed by atoms with van der Waals surface area (Å²) in [7, 11) is 0. The van der Waals surface area contributed by atoms with Crippen molar-refractivity contribution in [1.82, 2.24) is 4.98 Å². The van der Waals surface area contributed by atoms with Gasteiger partial charge < -0.3 is 10.6 Å². The van der Waals surface area contributed by atoms with Gasteiger partial charge in [0.05, 0.1) is 10.5 Å². The van der Waals surface area contributed by atoms with Crippen LogP contribution in [0.15, 0.2) is 12.3 Å². The number of hydrogen-bond acceptors (Lipinski definition) is 5. The van der Waals surface area contributed by atoms with Crippen molar-refractivity contribution < 1.29 is 9.72 Å². The molecule has 0 unspecified atom stereocenters. The molecule has 1 aliphatic heterocycles. The molecule has 2 heterocycles. The standard InChI is InChI=1S/C13H16N4O3/c14-11(18)10-6-9(17(19)20)7-15-12(10)16-5-1-2-13(8-16)3-4-13/h6-7H,1-5,8H2,(H2,14,18). The van der Waals surface area contributed by atoms with Crippen LogP contribution in [-0.4, -0.2) is 28.9 Å². The first-order valence-corrected chi connectivity index (χ1v) is 6.70. The Labute approximate surface area is 115 Å². The molecule has 20 heavy (non-hydrogen) atoms. The molecule has 1 aliphatic carbocycles. The number of aromatic nitrogens is 1. The highest BCUT2D eigenvalue weighted by Gasteiger charge is 2.46. The molecule has 1 saturated heterocycles. The van der Waals surface area contributed by atoms with Gasteiger partial charge in [-0.05, 0) is 31.1 Å². The van der Waals surface area contributed by atoms with Gasteiger partial charge in [0.1, 0.15) is 12.0 Å². The molecule has 1 saturated carbocycles. The summed E-state index contributed by atoms with van der Waals surface area (Å²) < 4.78 is 0. The first-order chi connectivity index (χ1) is 9.51. The summed E-state index contributed by atoms with van der Waals surface area (Å²) >= 11 is 0. The Hall–Kier alpha value is -2.18. The van der Waals surface area contributed by atoms with Gasteiger partial charge >= 0.3 is 0 Å². The minimum Gasteiger partial charge on any atom is -0.365 e. The number of nitrogens with zero attached hydrogens (tertiary/aromatic N) is 3. The highest BCUT2D eigenvalue weighted by atomic mass is 16.6. The Balaban J connectivity index is 1.95. The maximum absolute atomic E-state index is 11.5. The van der Waals surface area contributed by atoms with Gasteiger partial charge in [-0.15, -0.1) is 0 Å². The van der Waals surface area contributed by atoms with Crippen LogP contribution in [0.4, 0.5) is 11.5 Å². The third-order valence-electron chi connectivity index (χ3n) is 4.25. The van der Waals surface area contributed by atoms with Crippen LogP contribution in [0.3, 0.4) is 0 Å². The van der Waals surface area contributed by atoms with Crippen LogP contribution in [0.25, 0.3) is 0 Å². The molecule has 0 radical (unpaired) electrons. The van der Waals surface area contributed by atoms with Crippen LogP contribution in [0.5, 0.6) is 0 Å². The van der Waals surface area contributed by atoms with Crippen molar-refractivity contribution in [1.29, 1.82) is 0 Å². The van der Waals surface area contributed by atoms with Crippen molar-refractivity contribution >= 4 is 17.4 Å². The van der Waals surface area contributed by atoms with Crippen LogP contribution in [0, 0.1) is 15.5 Å². The second-order valence-electron chi connectivity index (χ2n) is 5.71. The van der Waals surface area contributed by atoms with Crippen LogP contribution >= 0.6 is 0 Å². The number of nitrogens with two attached hydrogens (primary N) is 1. The number of hydrogen-bond donors (Lipinski definition) is 1. The third kappa shape index (κ3) is 2.19. The monoisotopic (exact) mass is 276 g/mol. The number of carbonyl (C=O) groups is 1. The molecule has 0 aromatic carbocycles. The highest BCUT2D eigenvalue weighted by Crippen LogP contribution is 2.52. The normalized spacial score (nSPS) is 19.9. The molecule has 0 atom stereocenters. The van der Waals surface area contributed by atoms with E-state index < -0.39 is 10.8 Å². The van der Waals surface area contributed by atoms with Gasteiger partial charge in [-0.3, -0.25) is 14.9 Å². The maximum atomic E-state index is 11.5. The van der Waals surface area contributed by atoms with E-state index in [1.54, 1.807) is 0 Å². The number of piperidine rings is 1. The fourth-order valence-electron chi connectivity index (χ4n) is 2.95. The first-order valence-electron chi connectivity index (χ1n) is 6.70. The number of primary amides is 1. The molecule has 0 bridgehead atoms. The number of anilines is 1. The zero-order valence-corrected chi connectivity index (χ0v) is 11.0. The summed E-state index contributed by atoms with van der Waals surface area (Å²) in [5.74, 6) is -0.194. The number of rotatable bonds is 3. The molecule has 7 nitrogen and oxygen atoms in total. The Morgan fingerprint density at radius 3 is 2.80 bits per heavy atom. The topological polar surface area (TPSA) is 102 Å². The quantitative estimate of drug-likeness (QED) is 0.665. The minimum absolute atomic E-state index is 0.136. The molecule has 1 aromatic rings. The molecule has 2 N–H and O–H groups in total. The molecule has 106 valence electrons. The van der Waals surface area contributed by atoms with Crippen LogP contribution in [0.2, 0.25) is 0 Å². The Kier molecular flexibility index (Phi) is 2.84. The Bertz CT molecular complexity index is 583. The summed E-state index contributed by atoms with van der Waals surface area (Å²) in [6.45, 7) is 1.67. The van der Waals surface area contributed by atoms with E-state index in [0.717, 1.165) is 19.5 Å². The largest absolute Gasteiger partial charge is 0.365 e. The predicted octanol–water partition coefficient (Wildman–Crippen LogP) is 1.47. The van der Waals surface area contributed by atoms with Gasteiger partial charge in [0, 0.05) is 19.2 Å². The van der Waals surface area contributed by atoms with Crippen molar-refractivity contribution in [2.24, 2.45) is 11.1 Å². The molecule has 2 aliphatic rings. The number of amides is 1. The second-order valence-corrected chi connectivity index (χ2v) is 5.71. The summed E-state index contributed by atoms with van der Waals surface area (Å²) in [6.07, 6.45) is 5.87. The van der Waals surface area contributed by atoms with E-state index in [0.29, 0.717) is 11.2 Å². The lowest BCUT2D eigenvalue weighted by Gasteiger charge is -2.34. The van der Waals surface area contributed by atoms with E-state index in [2.05, 4.69) is 4.98 Å². The zero-order chi connectivity index (χ0) is 14.3. The van der Waals surface area contributed by atoms with Crippen molar-refractivity contribution in [3.63, 3.8) is 0 Å². The van der Waals surface area contributed by atoms with E-state index in [9.17, 15) is 14.9 Å². The highest BCUT2D eigenvalue weighted by molar-refractivity contribution is 5.98. The van der Waals surface area contributed by atoms with E-state index in [1.807, 2.05) is 4.90 Å². The van der Waals surface area contributed by atoms with Gasteiger partial charge in [0.15, 0.2) is 0 Å². The second kappa shape index (κ2) is 4.43. The van der Waals surface area contributed by atoms with Gasteiger partial charge in [0.25, 0.3) is 11.6 Å². The Morgan fingerprint density at radius 1 is 1.45 bits per heavy atom. The van der Waals surface area contributed by atoms with E-state index in [1.165, 1.54) is 31.5 Å². The van der Waals surface area contributed by atoms with Crippen LogP contribution in [0.1, 0.15) is 36.0 Å². The fraction of sp³-hybridized carbons (Fsp3) is 0.538. The van der Waals surface area contributed by atoms with Crippen molar-refractivity contribution in [2.75, 3.05) is 18.0 Å². The summed E-state index contributed by atoms with van der Waals surface area (Å²) in [4.78, 5) is 27.9. The SMILES string of the molecule is NC(=O)c1cc([N+](=O)[O-])cnc1N1CCCC2(CC2)C1. The molecule has 7 heteroatoms. The smallest absolute Gasteiger partial charge is 0.288 e. The lowest BCUT2D eigenvalue weighted by Crippen LogP contribution is -2.38. The molecular formula is C13H16N4O3. The molecule has 1 aromatic heterocycles. The van der Waals surface area contributed by atoms with Crippen LogP contribution < -0.4 is 10.6 Å². The Morgan fingerprint density at radius 2 is 2.20 bits per heavy atom. The first kappa shape index (κ1) is 12.8. The molecule has 2 fully saturated rings. The van der Waals surface area contributed by atoms with Gasteiger partial charge in [-0.1, -0.05) is 0 Å². The molecule has 3 rings (SSSR count). The number of carbonyl (C=O) groups excluding carboxylic acids is 1. The molecular weight excluding hydrogens is 260 g/mol. The lowest BCUT2D eigenvalue weighted by molar-refractivity contribution is -0.385. The van der Waals surface area contributed by atoms with Gasteiger partial charge in [-0.2, -0.15) is 0 Å². The molecule has 1 spiro atoms. The van der Waals surface area contributed by atoms with E-state index >= 15 is 0 Å². The van der Waals surface area contributed by atoms with Gasteiger partial charge in [-0.25, -0.2) is 4.98 Å². The summed E-state index contributed by atoms with van der Waals surface area (Å²) in [6, 6.07) is 1.22. The summed E-state index contributed by atoms with van der Waals surface area (Å²) in [5.41, 5.74) is 5.65. The minimum atomic E-state index is -0.674. The zero-order valence-electron chi connectivity index (χ0n) is 11.0. The van der Waals surface area contributed by atoms with E-state index in [4.69, 9.17) is 5.73 Å². The predicted molar refractivity (Wildman–Crippen MR) is 72.5 cm³/mol. The van der Waals surface area contributed by atoms with E-state index in [-0.39, 0.29) is 11.3 Å². The van der Waals surface area contributed by atoms with Crippen molar-refractivity contribution in [3.8, 4) is 0 Å². The van der Waals surface area contributed by atoms with Gasteiger partial charge in [0.2, 0.25) is 0 Å². The molecule has 1 amide bonds. The van der Waals surface area contributed by atoms with Crippen molar-refractivity contribution in [3.05, 3.63) is 27.9 Å². The number of nitro groups is 1. The average molecular weight is 276 g/mol. The third-order valence-corrected chi connectivity index (χ3v) is 4.25. The number of pyridine rings is 1. The van der Waals surface area contributed by atoms with Crippen molar-refractivity contribution in [2.45, 2.75) is 25.7 Å². The lowest BCUT2D eigenvalue weighted by atomic mass is 9.95. The van der Waals surface area contributed by atoms with Crippen LogP contribution in [-0.2, 0) is 0 Å². The summed E-state index contributed by atoms with van der Waals surface area (Å²) in [5, 5.41) is 10.8.